The molecule has 4 atom stereocenters. The molecule has 3 N–H and O–H groups in total. The fraction of sp³-hybridized carbons (Fsp3) is 0.409. The summed E-state index contributed by atoms with van der Waals surface area (Å²) in [5.41, 5.74) is 1.53. The van der Waals surface area contributed by atoms with Gasteiger partial charge in [-0.2, -0.15) is 26.3 Å². The second kappa shape index (κ2) is 9.56. The minimum absolute atomic E-state index is 0.0474. The minimum Gasteiger partial charge on any atom is -0.431 e. The van der Waals surface area contributed by atoms with Gasteiger partial charge in [-0.05, 0) is 31.5 Å². The van der Waals surface area contributed by atoms with Crippen LogP contribution in [-0.2, 0) is 9.53 Å². The maximum absolute atomic E-state index is 14.4. The molecule has 1 aliphatic rings. The van der Waals surface area contributed by atoms with Gasteiger partial charge in [-0.1, -0.05) is 13.0 Å². The van der Waals surface area contributed by atoms with E-state index in [-0.39, 0.29) is 11.4 Å². The first kappa shape index (κ1) is 27.2. The molecule has 2 aromatic rings. The average molecular weight is 523 g/mol. The van der Waals surface area contributed by atoms with Gasteiger partial charge in [0.15, 0.2) is 17.2 Å². The van der Waals surface area contributed by atoms with Crippen molar-refractivity contribution >= 4 is 17.5 Å². The molecule has 1 aromatic heterocycles. The maximum atomic E-state index is 14.4. The fourth-order valence-electron chi connectivity index (χ4n) is 4.04. The third-order valence-corrected chi connectivity index (χ3v) is 6.19. The molecule has 1 saturated heterocycles. The summed E-state index contributed by atoms with van der Waals surface area (Å²) in [6.07, 6.45) is -5.90. The molecule has 2 amide bonds. The zero-order valence-electron chi connectivity index (χ0n) is 18.9. The smallest absolute Gasteiger partial charge is 0.417 e. The SMILES string of the molecule is Cc1cnc(C(N)=O)cc1NC(=O)[C@@H]1O[C@@](C)(C(F)(F)F)[C@@H](C)C1c1ccc(F)c(F)c1OC(F)F. The second-order valence-electron chi connectivity index (χ2n) is 8.35. The lowest BCUT2D eigenvalue weighted by Crippen LogP contribution is -2.47. The van der Waals surface area contributed by atoms with Gasteiger partial charge in [0, 0.05) is 29.3 Å². The Morgan fingerprint density at radius 1 is 1.25 bits per heavy atom. The third kappa shape index (κ3) is 4.81. The summed E-state index contributed by atoms with van der Waals surface area (Å²) in [7, 11) is 0. The van der Waals surface area contributed by atoms with Crippen LogP contribution in [0.2, 0.25) is 0 Å². The number of alkyl halides is 5. The van der Waals surface area contributed by atoms with Gasteiger partial charge in [-0.3, -0.25) is 14.6 Å². The van der Waals surface area contributed by atoms with E-state index >= 15 is 0 Å². The van der Waals surface area contributed by atoms with Crippen molar-refractivity contribution < 1.29 is 49.8 Å². The van der Waals surface area contributed by atoms with Crippen LogP contribution in [0.25, 0.3) is 0 Å². The summed E-state index contributed by atoms with van der Waals surface area (Å²) in [5.74, 6) is -10.3. The number of amides is 2. The predicted molar refractivity (Wildman–Crippen MR) is 110 cm³/mol. The molecular weight excluding hydrogens is 503 g/mol. The van der Waals surface area contributed by atoms with Crippen molar-refractivity contribution in [1.82, 2.24) is 4.98 Å². The number of benzene rings is 1. The Kier molecular flexibility index (Phi) is 7.22. The molecule has 0 spiro atoms. The van der Waals surface area contributed by atoms with Gasteiger partial charge in [0.2, 0.25) is 5.82 Å². The van der Waals surface area contributed by atoms with Crippen molar-refractivity contribution in [3.63, 3.8) is 0 Å². The van der Waals surface area contributed by atoms with E-state index in [1.54, 1.807) is 0 Å². The molecule has 0 radical (unpaired) electrons. The van der Waals surface area contributed by atoms with Crippen molar-refractivity contribution in [3.05, 3.63) is 52.9 Å². The Morgan fingerprint density at radius 2 is 1.89 bits per heavy atom. The van der Waals surface area contributed by atoms with Crippen molar-refractivity contribution in [2.75, 3.05) is 5.32 Å². The summed E-state index contributed by atoms with van der Waals surface area (Å²) in [6.45, 7) is -0.506. The Hall–Kier alpha value is -3.42. The summed E-state index contributed by atoms with van der Waals surface area (Å²) in [6, 6.07) is 2.35. The number of aryl methyl sites for hydroxylation is 1. The fourth-order valence-corrected chi connectivity index (χ4v) is 4.04. The van der Waals surface area contributed by atoms with Gasteiger partial charge in [-0.25, -0.2) is 4.39 Å². The van der Waals surface area contributed by atoms with Gasteiger partial charge in [0.05, 0.1) is 0 Å². The molecule has 14 heteroatoms. The number of rotatable bonds is 6. The Labute approximate surface area is 199 Å². The monoisotopic (exact) mass is 523 g/mol. The van der Waals surface area contributed by atoms with E-state index < -0.39 is 71.1 Å². The van der Waals surface area contributed by atoms with Crippen molar-refractivity contribution in [3.8, 4) is 5.75 Å². The first-order chi connectivity index (χ1) is 16.6. The summed E-state index contributed by atoms with van der Waals surface area (Å²) < 4.78 is 105. The quantitative estimate of drug-likeness (QED) is 0.545. The second-order valence-corrected chi connectivity index (χ2v) is 8.35. The molecular formula is C22H20F7N3O4. The molecule has 36 heavy (non-hydrogen) atoms. The number of ether oxygens (including phenoxy) is 2. The standard InChI is InChI=1S/C22H20F7N3O4/c1-8-7-31-13(18(30)33)6-12(8)32-19(34)17-14(9(2)21(3,36-17)22(27,28)29)10-4-5-11(23)15(24)16(10)35-20(25)26/h4-7,9,14,17,20H,1-3H3,(H2,30,33)(H,31,32,34)/t9-,14?,17+,21+/m0/s1. The van der Waals surface area contributed by atoms with E-state index in [1.807, 2.05) is 0 Å². The van der Waals surface area contributed by atoms with Crippen molar-refractivity contribution in [1.29, 1.82) is 0 Å². The highest BCUT2D eigenvalue weighted by molar-refractivity contribution is 5.98. The van der Waals surface area contributed by atoms with Gasteiger partial charge in [0.1, 0.15) is 11.8 Å². The maximum Gasteiger partial charge on any atom is 0.417 e. The number of carbonyl (C=O) groups excluding carboxylic acids is 2. The highest BCUT2D eigenvalue weighted by Gasteiger charge is 2.66. The van der Waals surface area contributed by atoms with Crippen LogP contribution < -0.4 is 15.8 Å². The molecule has 1 fully saturated rings. The third-order valence-electron chi connectivity index (χ3n) is 6.19. The number of pyridine rings is 1. The molecule has 1 unspecified atom stereocenters. The van der Waals surface area contributed by atoms with Gasteiger partial charge >= 0.3 is 12.8 Å². The van der Waals surface area contributed by atoms with E-state index in [0.717, 1.165) is 19.1 Å². The van der Waals surface area contributed by atoms with Crippen LogP contribution in [0.15, 0.2) is 24.4 Å². The molecule has 1 aromatic carbocycles. The zero-order chi connectivity index (χ0) is 27.2. The van der Waals surface area contributed by atoms with E-state index in [1.165, 1.54) is 13.1 Å². The Bertz CT molecular complexity index is 1190. The number of halogens is 7. The molecule has 7 nitrogen and oxygen atoms in total. The minimum atomic E-state index is -5.05. The summed E-state index contributed by atoms with van der Waals surface area (Å²) >= 11 is 0. The normalized spacial score (nSPS) is 24.1. The summed E-state index contributed by atoms with van der Waals surface area (Å²) in [5, 5.41) is 2.31. The topological polar surface area (TPSA) is 104 Å². The van der Waals surface area contributed by atoms with Crippen LogP contribution in [0, 0.1) is 24.5 Å². The number of nitrogens with zero attached hydrogens (tertiary/aromatic N) is 1. The van der Waals surface area contributed by atoms with E-state index in [2.05, 4.69) is 15.0 Å². The van der Waals surface area contributed by atoms with Gasteiger partial charge in [0.25, 0.3) is 11.8 Å². The highest BCUT2D eigenvalue weighted by atomic mass is 19.4. The number of nitrogens with two attached hydrogens (primary N) is 1. The number of aromatic nitrogens is 1. The Balaban J connectivity index is 2.13. The van der Waals surface area contributed by atoms with Crippen LogP contribution in [0.4, 0.5) is 36.4 Å². The molecule has 2 heterocycles. The first-order valence-corrected chi connectivity index (χ1v) is 10.3. The van der Waals surface area contributed by atoms with Gasteiger partial charge in [-0.15, -0.1) is 0 Å². The molecule has 0 bridgehead atoms. The largest absolute Gasteiger partial charge is 0.431 e. The van der Waals surface area contributed by atoms with E-state index in [0.29, 0.717) is 18.6 Å². The van der Waals surface area contributed by atoms with Crippen LogP contribution in [0.3, 0.4) is 0 Å². The lowest BCUT2D eigenvalue weighted by Gasteiger charge is -2.32. The summed E-state index contributed by atoms with van der Waals surface area (Å²) in [4.78, 5) is 28.4. The number of hydrogen-bond acceptors (Lipinski definition) is 5. The first-order valence-electron chi connectivity index (χ1n) is 10.3. The van der Waals surface area contributed by atoms with E-state index in [9.17, 15) is 40.3 Å². The molecule has 0 saturated carbocycles. The van der Waals surface area contributed by atoms with Crippen LogP contribution in [0.1, 0.15) is 41.4 Å². The lowest BCUT2D eigenvalue weighted by atomic mass is 9.77. The molecule has 0 aliphatic carbocycles. The number of hydrogen-bond donors (Lipinski definition) is 2. The zero-order valence-corrected chi connectivity index (χ0v) is 18.9. The van der Waals surface area contributed by atoms with Crippen LogP contribution in [-0.4, -0.2) is 41.3 Å². The molecule has 3 rings (SSSR count). The van der Waals surface area contributed by atoms with Gasteiger partial charge < -0.3 is 20.5 Å². The average Bonchev–Trinajstić information content (AvgIpc) is 3.05. The lowest BCUT2D eigenvalue weighted by molar-refractivity contribution is -0.272. The predicted octanol–water partition coefficient (Wildman–Crippen LogP) is 4.45. The highest BCUT2D eigenvalue weighted by Crippen LogP contribution is 2.55. The van der Waals surface area contributed by atoms with E-state index in [4.69, 9.17) is 10.5 Å². The van der Waals surface area contributed by atoms with Crippen LogP contribution >= 0.6 is 0 Å². The number of carbonyl (C=O) groups is 2. The van der Waals surface area contributed by atoms with Crippen molar-refractivity contribution in [2.45, 2.75) is 51.2 Å². The number of nitrogens with one attached hydrogen (secondary N) is 1. The van der Waals surface area contributed by atoms with Crippen LogP contribution in [0.5, 0.6) is 5.75 Å². The number of primary amides is 1. The Morgan fingerprint density at radius 3 is 2.44 bits per heavy atom. The molecule has 196 valence electrons. The van der Waals surface area contributed by atoms with Crippen molar-refractivity contribution in [2.24, 2.45) is 11.7 Å². The molecule has 1 aliphatic heterocycles. The number of anilines is 1.